The fourth-order valence-electron chi connectivity index (χ4n) is 1.99. The molecule has 0 heterocycles. The Morgan fingerprint density at radius 3 is 2.50 bits per heavy atom. The Balaban J connectivity index is 3.17. The first-order valence-corrected chi connectivity index (χ1v) is 8.43. The van der Waals surface area contributed by atoms with E-state index in [2.05, 4.69) is 15.9 Å². The van der Waals surface area contributed by atoms with Crippen LogP contribution < -0.4 is 0 Å². The Morgan fingerprint density at radius 2 is 2.05 bits per heavy atom. The van der Waals surface area contributed by atoms with Gasteiger partial charge in [0.1, 0.15) is 0 Å². The van der Waals surface area contributed by atoms with Crippen molar-refractivity contribution in [2.45, 2.75) is 38.1 Å². The van der Waals surface area contributed by atoms with Crippen LogP contribution in [-0.2, 0) is 14.8 Å². The number of halogens is 1. The molecule has 1 unspecified atom stereocenters. The zero-order valence-electron chi connectivity index (χ0n) is 11.6. The van der Waals surface area contributed by atoms with E-state index in [1.807, 2.05) is 0 Å². The molecule has 0 amide bonds. The van der Waals surface area contributed by atoms with Gasteiger partial charge in [-0.15, -0.1) is 0 Å². The molecule has 1 rings (SSSR count). The Labute approximate surface area is 127 Å². The quantitative estimate of drug-likeness (QED) is 0.842. The summed E-state index contributed by atoms with van der Waals surface area (Å²) in [6.45, 7) is 5.33. The standard InChI is InChI=1S/C13H18BrNO4S/c1-4-15(10(3)8-13(16)17)20(18,19)11-5-6-12(14)9(2)7-11/h5-7,10H,4,8H2,1-3H3,(H,16,17). The van der Waals surface area contributed by atoms with Crippen molar-refractivity contribution in [3.05, 3.63) is 28.2 Å². The van der Waals surface area contributed by atoms with E-state index in [0.717, 1.165) is 10.0 Å². The zero-order chi connectivity index (χ0) is 15.5. The minimum Gasteiger partial charge on any atom is -0.481 e. The van der Waals surface area contributed by atoms with Gasteiger partial charge in [-0.1, -0.05) is 22.9 Å². The van der Waals surface area contributed by atoms with Crippen LogP contribution >= 0.6 is 15.9 Å². The first-order valence-electron chi connectivity index (χ1n) is 6.20. The maximum absolute atomic E-state index is 12.6. The second kappa shape index (κ2) is 6.69. The lowest BCUT2D eigenvalue weighted by Gasteiger charge is -2.26. The largest absolute Gasteiger partial charge is 0.481 e. The normalized spacial score (nSPS) is 13.4. The van der Waals surface area contributed by atoms with Crippen molar-refractivity contribution in [2.24, 2.45) is 0 Å². The average Bonchev–Trinajstić information content (AvgIpc) is 2.31. The molecule has 5 nitrogen and oxygen atoms in total. The molecule has 1 aromatic carbocycles. The number of hydrogen-bond acceptors (Lipinski definition) is 3. The molecule has 1 N–H and O–H groups in total. The molecule has 20 heavy (non-hydrogen) atoms. The van der Waals surface area contributed by atoms with Crippen LogP contribution in [0.25, 0.3) is 0 Å². The van der Waals surface area contributed by atoms with Crippen LogP contribution in [0.2, 0.25) is 0 Å². The number of carboxylic acids is 1. The van der Waals surface area contributed by atoms with Gasteiger partial charge in [0.2, 0.25) is 10.0 Å². The highest BCUT2D eigenvalue weighted by molar-refractivity contribution is 9.10. The highest BCUT2D eigenvalue weighted by atomic mass is 79.9. The van der Waals surface area contributed by atoms with Crippen molar-refractivity contribution in [3.63, 3.8) is 0 Å². The van der Waals surface area contributed by atoms with Crippen LogP contribution in [-0.4, -0.2) is 36.4 Å². The molecule has 0 aliphatic heterocycles. The summed E-state index contributed by atoms with van der Waals surface area (Å²) < 4.78 is 27.2. The second-order valence-electron chi connectivity index (χ2n) is 4.57. The number of hydrogen-bond donors (Lipinski definition) is 1. The predicted octanol–water partition coefficient (Wildman–Crippen LogP) is 2.63. The molecule has 0 saturated carbocycles. The molecule has 0 bridgehead atoms. The van der Waals surface area contributed by atoms with Crippen molar-refractivity contribution in [3.8, 4) is 0 Å². The van der Waals surface area contributed by atoms with Gasteiger partial charge in [0.25, 0.3) is 0 Å². The second-order valence-corrected chi connectivity index (χ2v) is 7.31. The molecule has 0 saturated heterocycles. The summed E-state index contributed by atoms with van der Waals surface area (Å²) in [6.07, 6.45) is -0.220. The summed E-state index contributed by atoms with van der Waals surface area (Å²) in [5.74, 6) is -1.02. The fraction of sp³-hybridized carbons (Fsp3) is 0.462. The van der Waals surface area contributed by atoms with Crippen LogP contribution in [0.3, 0.4) is 0 Å². The number of aryl methyl sites for hydroxylation is 1. The van der Waals surface area contributed by atoms with Gasteiger partial charge >= 0.3 is 5.97 Å². The third kappa shape index (κ3) is 3.80. The summed E-state index contributed by atoms with van der Waals surface area (Å²) >= 11 is 3.33. The Morgan fingerprint density at radius 1 is 1.45 bits per heavy atom. The SMILES string of the molecule is CCN(C(C)CC(=O)O)S(=O)(=O)c1ccc(Br)c(C)c1. The molecule has 112 valence electrons. The van der Waals surface area contributed by atoms with Crippen molar-refractivity contribution in [1.82, 2.24) is 4.31 Å². The van der Waals surface area contributed by atoms with Gasteiger partial charge in [-0.25, -0.2) is 8.42 Å². The molecular formula is C13H18BrNO4S. The maximum Gasteiger partial charge on any atom is 0.304 e. The van der Waals surface area contributed by atoms with Gasteiger partial charge in [0.15, 0.2) is 0 Å². The minimum absolute atomic E-state index is 0.178. The molecule has 1 atom stereocenters. The Kier molecular flexibility index (Phi) is 5.73. The van der Waals surface area contributed by atoms with E-state index in [9.17, 15) is 13.2 Å². The summed E-state index contributed by atoms with van der Waals surface area (Å²) in [5.41, 5.74) is 0.813. The highest BCUT2D eigenvalue weighted by Crippen LogP contribution is 2.24. The predicted molar refractivity (Wildman–Crippen MR) is 80.2 cm³/mol. The summed E-state index contributed by atoms with van der Waals surface area (Å²) in [5, 5.41) is 8.82. The zero-order valence-corrected chi connectivity index (χ0v) is 14.0. The minimum atomic E-state index is -3.69. The van der Waals surface area contributed by atoms with Crippen molar-refractivity contribution in [1.29, 1.82) is 0 Å². The molecule has 1 aromatic rings. The monoisotopic (exact) mass is 363 g/mol. The molecule has 0 aliphatic carbocycles. The van der Waals surface area contributed by atoms with Crippen LogP contribution in [0.15, 0.2) is 27.6 Å². The number of carboxylic acid groups (broad SMARTS) is 1. The van der Waals surface area contributed by atoms with E-state index < -0.39 is 22.0 Å². The third-order valence-electron chi connectivity index (χ3n) is 3.01. The number of benzene rings is 1. The summed E-state index contributed by atoms with van der Waals surface area (Å²) in [6, 6.07) is 4.18. The van der Waals surface area contributed by atoms with Gasteiger partial charge in [0, 0.05) is 17.1 Å². The Bertz CT molecular complexity index is 600. The van der Waals surface area contributed by atoms with Gasteiger partial charge in [0.05, 0.1) is 11.3 Å². The topological polar surface area (TPSA) is 74.7 Å². The number of rotatable bonds is 6. The molecular weight excluding hydrogens is 346 g/mol. The van der Waals surface area contributed by atoms with Crippen LogP contribution in [0, 0.1) is 6.92 Å². The van der Waals surface area contributed by atoms with E-state index in [0.29, 0.717) is 0 Å². The van der Waals surface area contributed by atoms with Crippen LogP contribution in [0.4, 0.5) is 0 Å². The first kappa shape index (κ1) is 17.1. The van der Waals surface area contributed by atoms with Gasteiger partial charge in [-0.2, -0.15) is 4.31 Å². The molecule has 7 heteroatoms. The highest BCUT2D eigenvalue weighted by Gasteiger charge is 2.29. The van der Waals surface area contributed by atoms with E-state index in [1.54, 1.807) is 32.9 Å². The lowest BCUT2D eigenvalue weighted by atomic mass is 10.2. The number of aliphatic carboxylic acids is 1. The van der Waals surface area contributed by atoms with E-state index >= 15 is 0 Å². The molecule has 0 radical (unpaired) electrons. The fourth-order valence-corrected chi connectivity index (χ4v) is 3.96. The Hall–Kier alpha value is -0.920. The maximum atomic E-state index is 12.6. The van der Waals surface area contributed by atoms with E-state index in [4.69, 9.17) is 5.11 Å². The average molecular weight is 364 g/mol. The van der Waals surface area contributed by atoms with Crippen molar-refractivity contribution < 1.29 is 18.3 Å². The number of sulfonamides is 1. The van der Waals surface area contributed by atoms with E-state index in [-0.39, 0.29) is 17.9 Å². The molecule has 0 aromatic heterocycles. The molecule has 0 spiro atoms. The summed E-state index contributed by atoms with van der Waals surface area (Å²) in [4.78, 5) is 10.9. The number of carbonyl (C=O) groups is 1. The lowest BCUT2D eigenvalue weighted by Crippen LogP contribution is -2.39. The van der Waals surface area contributed by atoms with Gasteiger partial charge in [-0.05, 0) is 37.6 Å². The van der Waals surface area contributed by atoms with Gasteiger partial charge in [-0.3, -0.25) is 4.79 Å². The third-order valence-corrected chi connectivity index (χ3v) is 5.98. The van der Waals surface area contributed by atoms with Gasteiger partial charge < -0.3 is 5.11 Å². The summed E-state index contributed by atoms with van der Waals surface area (Å²) in [7, 11) is -3.69. The first-order chi connectivity index (χ1) is 9.20. The molecule has 0 fully saturated rings. The lowest BCUT2D eigenvalue weighted by molar-refractivity contribution is -0.137. The smallest absolute Gasteiger partial charge is 0.304 e. The van der Waals surface area contributed by atoms with Crippen LogP contribution in [0.5, 0.6) is 0 Å². The van der Waals surface area contributed by atoms with E-state index in [1.165, 1.54) is 10.4 Å². The van der Waals surface area contributed by atoms with Crippen molar-refractivity contribution in [2.75, 3.05) is 6.54 Å². The number of nitrogens with zero attached hydrogens (tertiary/aromatic N) is 1. The molecule has 0 aliphatic rings. The van der Waals surface area contributed by atoms with Crippen LogP contribution in [0.1, 0.15) is 25.8 Å². The van der Waals surface area contributed by atoms with Crippen molar-refractivity contribution >= 4 is 31.9 Å².